The van der Waals surface area contributed by atoms with Crippen molar-refractivity contribution in [2.45, 2.75) is 44.9 Å². The summed E-state index contributed by atoms with van der Waals surface area (Å²) in [7, 11) is 0. The predicted molar refractivity (Wildman–Crippen MR) is 87.1 cm³/mol. The summed E-state index contributed by atoms with van der Waals surface area (Å²) in [5.74, 6) is 0.938. The maximum atomic E-state index is 13.8. The van der Waals surface area contributed by atoms with E-state index in [4.69, 9.17) is 5.73 Å². The van der Waals surface area contributed by atoms with E-state index in [1.165, 1.54) is 0 Å². The van der Waals surface area contributed by atoms with Crippen molar-refractivity contribution in [1.82, 2.24) is 0 Å². The number of anilines is 1. The molecule has 0 bridgehead atoms. The molecular weight excluding hydrogens is 271 g/mol. The topological polar surface area (TPSA) is 29.3 Å². The van der Waals surface area contributed by atoms with E-state index in [0.29, 0.717) is 10.3 Å². The van der Waals surface area contributed by atoms with Gasteiger partial charge in [0, 0.05) is 35.3 Å². The van der Waals surface area contributed by atoms with E-state index in [2.05, 4.69) is 18.7 Å². The Kier molecular flexibility index (Phi) is 4.65. The minimum atomic E-state index is -0.162. The third-order valence-corrected chi connectivity index (χ3v) is 5.35. The van der Waals surface area contributed by atoms with Crippen LogP contribution in [0.1, 0.15) is 44.4 Å². The summed E-state index contributed by atoms with van der Waals surface area (Å²) in [5.41, 5.74) is 8.75. The fourth-order valence-electron chi connectivity index (χ4n) is 2.58. The summed E-state index contributed by atoms with van der Waals surface area (Å²) in [6.07, 6.45) is 1.13. The van der Waals surface area contributed by atoms with Crippen molar-refractivity contribution in [2.75, 3.05) is 23.7 Å². The van der Waals surface area contributed by atoms with Gasteiger partial charge in [-0.2, -0.15) is 11.8 Å². The molecule has 1 heterocycles. The molecule has 2 N–H and O–H groups in total. The van der Waals surface area contributed by atoms with Crippen molar-refractivity contribution < 1.29 is 4.39 Å². The first kappa shape index (κ1) is 15.6. The molecule has 1 aliphatic heterocycles. The molecular formula is C16H25FN2S. The number of halogens is 1. The Bertz CT molecular complexity index is 486. The van der Waals surface area contributed by atoms with Crippen molar-refractivity contribution in [1.29, 1.82) is 0 Å². The highest BCUT2D eigenvalue weighted by Crippen LogP contribution is 2.35. The van der Waals surface area contributed by atoms with Crippen LogP contribution in [0.3, 0.4) is 0 Å². The highest BCUT2D eigenvalue weighted by Gasteiger charge is 2.25. The lowest BCUT2D eigenvalue weighted by atomic mass is 10.0. The van der Waals surface area contributed by atoms with Crippen molar-refractivity contribution in [3.63, 3.8) is 0 Å². The van der Waals surface area contributed by atoms with Gasteiger partial charge in [0.05, 0.1) is 0 Å². The molecule has 0 radical (unpaired) electrons. The fourth-order valence-corrected chi connectivity index (χ4v) is 3.68. The van der Waals surface area contributed by atoms with Gasteiger partial charge in [0.1, 0.15) is 5.82 Å². The number of hydrogen-bond donors (Lipinski definition) is 1. The fraction of sp³-hybridized carbons (Fsp3) is 0.625. The van der Waals surface area contributed by atoms with Crippen molar-refractivity contribution in [2.24, 2.45) is 5.73 Å². The van der Waals surface area contributed by atoms with Crippen LogP contribution in [0.2, 0.25) is 0 Å². The van der Waals surface area contributed by atoms with Crippen LogP contribution in [-0.4, -0.2) is 23.6 Å². The molecule has 1 aromatic carbocycles. The van der Waals surface area contributed by atoms with E-state index in [-0.39, 0.29) is 11.9 Å². The van der Waals surface area contributed by atoms with Crippen LogP contribution >= 0.6 is 11.8 Å². The predicted octanol–water partition coefficient (Wildman–Crippen LogP) is 3.88. The van der Waals surface area contributed by atoms with E-state index in [1.54, 1.807) is 6.07 Å². The molecule has 112 valence electrons. The maximum absolute atomic E-state index is 13.8. The van der Waals surface area contributed by atoms with E-state index in [9.17, 15) is 4.39 Å². The van der Waals surface area contributed by atoms with Gasteiger partial charge in [-0.15, -0.1) is 0 Å². The Balaban J connectivity index is 2.34. The van der Waals surface area contributed by atoms with Crippen LogP contribution in [-0.2, 0) is 0 Å². The number of nitrogens with two attached hydrogens (primary N) is 1. The molecule has 2 nitrogen and oxygen atoms in total. The highest BCUT2D eigenvalue weighted by atomic mass is 32.2. The first-order chi connectivity index (χ1) is 9.30. The third-order valence-electron chi connectivity index (χ3n) is 3.98. The quantitative estimate of drug-likeness (QED) is 0.898. The second-order valence-electron chi connectivity index (χ2n) is 6.29. The standard InChI is InChI=1S/C16H25FN2S/c1-11-9-15(13(12(2)18)10-14(11)17)19-6-5-16(3,4)20-8-7-19/h9-10,12H,5-8,18H2,1-4H3/t12-/m1/s1. The number of nitrogens with zero attached hydrogens (tertiary/aromatic N) is 1. The van der Waals surface area contributed by atoms with Gasteiger partial charge in [0.25, 0.3) is 0 Å². The first-order valence-electron chi connectivity index (χ1n) is 7.25. The van der Waals surface area contributed by atoms with Crippen LogP contribution in [0, 0.1) is 12.7 Å². The number of benzene rings is 1. The molecule has 0 unspecified atom stereocenters. The van der Waals surface area contributed by atoms with Gasteiger partial charge in [-0.05, 0) is 43.5 Å². The Hall–Kier alpha value is -0.740. The van der Waals surface area contributed by atoms with Gasteiger partial charge >= 0.3 is 0 Å². The second-order valence-corrected chi connectivity index (χ2v) is 8.10. The van der Waals surface area contributed by atoms with E-state index >= 15 is 0 Å². The van der Waals surface area contributed by atoms with Crippen LogP contribution in [0.4, 0.5) is 10.1 Å². The molecule has 1 aromatic rings. The largest absolute Gasteiger partial charge is 0.370 e. The van der Waals surface area contributed by atoms with Gasteiger partial charge in [-0.1, -0.05) is 13.8 Å². The molecule has 0 aliphatic carbocycles. The average Bonchev–Trinajstić information content (AvgIpc) is 2.53. The molecule has 1 fully saturated rings. The third kappa shape index (κ3) is 3.47. The van der Waals surface area contributed by atoms with Gasteiger partial charge in [-0.25, -0.2) is 4.39 Å². The SMILES string of the molecule is Cc1cc(N2CCSC(C)(C)CC2)c([C@@H](C)N)cc1F. The molecule has 0 aromatic heterocycles. The minimum Gasteiger partial charge on any atom is -0.370 e. The smallest absolute Gasteiger partial charge is 0.126 e. The van der Waals surface area contributed by atoms with Crippen LogP contribution in [0.25, 0.3) is 0 Å². The zero-order valence-corrected chi connectivity index (χ0v) is 13.7. The molecule has 4 heteroatoms. The minimum absolute atomic E-state index is 0.149. The molecule has 1 saturated heterocycles. The first-order valence-corrected chi connectivity index (χ1v) is 8.23. The molecule has 1 aliphatic rings. The van der Waals surface area contributed by atoms with Crippen LogP contribution in [0.5, 0.6) is 0 Å². The number of rotatable bonds is 2. The molecule has 20 heavy (non-hydrogen) atoms. The average molecular weight is 296 g/mol. The Morgan fingerprint density at radius 3 is 2.70 bits per heavy atom. The monoisotopic (exact) mass is 296 g/mol. The van der Waals surface area contributed by atoms with Gasteiger partial charge < -0.3 is 10.6 Å². The molecule has 0 amide bonds. The summed E-state index contributed by atoms with van der Waals surface area (Å²) in [4.78, 5) is 2.37. The number of aryl methyl sites for hydroxylation is 1. The lowest BCUT2D eigenvalue weighted by Crippen LogP contribution is -2.29. The van der Waals surface area contributed by atoms with E-state index < -0.39 is 0 Å². The van der Waals surface area contributed by atoms with Crippen molar-refractivity contribution in [3.05, 3.63) is 29.1 Å². The Labute approximate surface area is 125 Å². The maximum Gasteiger partial charge on any atom is 0.126 e. The number of hydrogen-bond acceptors (Lipinski definition) is 3. The molecule has 0 spiro atoms. The van der Waals surface area contributed by atoms with Gasteiger partial charge in [0.15, 0.2) is 0 Å². The Morgan fingerprint density at radius 1 is 1.35 bits per heavy atom. The van der Waals surface area contributed by atoms with Crippen molar-refractivity contribution in [3.8, 4) is 0 Å². The van der Waals surface area contributed by atoms with Gasteiger partial charge in [-0.3, -0.25) is 0 Å². The summed E-state index contributed by atoms with van der Waals surface area (Å²) < 4.78 is 14.1. The van der Waals surface area contributed by atoms with E-state index in [0.717, 1.165) is 36.5 Å². The van der Waals surface area contributed by atoms with Crippen LogP contribution < -0.4 is 10.6 Å². The molecule has 1 atom stereocenters. The second kappa shape index (κ2) is 5.94. The zero-order valence-electron chi connectivity index (χ0n) is 12.9. The van der Waals surface area contributed by atoms with Crippen LogP contribution in [0.15, 0.2) is 12.1 Å². The lowest BCUT2D eigenvalue weighted by molar-refractivity contribution is 0.609. The summed E-state index contributed by atoms with van der Waals surface area (Å²) in [5, 5.41) is 0. The summed E-state index contributed by atoms with van der Waals surface area (Å²) in [6.45, 7) is 10.3. The van der Waals surface area contributed by atoms with E-state index in [1.807, 2.05) is 31.7 Å². The van der Waals surface area contributed by atoms with Crippen molar-refractivity contribution >= 4 is 17.4 Å². The van der Waals surface area contributed by atoms with Gasteiger partial charge in [0.2, 0.25) is 0 Å². The molecule has 2 rings (SSSR count). The number of thioether (sulfide) groups is 1. The molecule has 0 saturated carbocycles. The zero-order chi connectivity index (χ0) is 14.9. The lowest BCUT2D eigenvalue weighted by Gasteiger charge is -2.28. The normalized spacial score (nSPS) is 20.6. The summed E-state index contributed by atoms with van der Waals surface area (Å²) >= 11 is 2.01. The summed E-state index contributed by atoms with van der Waals surface area (Å²) in [6, 6.07) is 3.42. The Morgan fingerprint density at radius 2 is 2.05 bits per heavy atom. The highest BCUT2D eigenvalue weighted by molar-refractivity contribution is 8.00.